The quantitative estimate of drug-likeness (QED) is 0.379. The van der Waals surface area contributed by atoms with E-state index in [1.165, 1.54) is 38.6 Å². The third-order valence-electron chi connectivity index (χ3n) is 7.01. The highest BCUT2D eigenvalue weighted by Crippen LogP contribution is 2.42. The minimum atomic E-state index is -0.0817. The molecule has 0 saturated heterocycles. The van der Waals surface area contributed by atoms with Crippen molar-refractivity contribution in [1.29, 1.82) is 0 Å². The first-order valence-corrected chi connectivity index (χ1v) is 13.9. The van der Waals surface area contributed by atoms with Gasteiger partial charge in [0.05, 0.1) is 16.3 Å². The summed E-state index contributed by atoms with van der Waals surface area (Å²) in [6, 6.07) is 21.2. The van der Waals surface area contributed by atoms with Gasteiger partial charge in [-0.25, -0.2) is 4.99 Å². The molecule has 6 heteroatoms. The summed E-state index contributed by atoms with van der Waals surface area (Å²) >= 11 is 3.21. The van der Waals surface area contributed by atoms with E-state index in [9.17, 15) is 4.79 Å². The van der Waals surface area contributed by atoms with Gasteiger partial charge in [0.1, 0.15) is 0 Å². The van der Waals surface area contributed by atoms with Crippen molar-refractivity contribution in [3.8, 4) is 0 Å². The molecule has 3 heterocycles. The molecule has 2 aliphatic rings. The van der Waals surface area contributed by atoms with Crippen molar-refractivity contribution in [2.45, 2.75) is 32.7 Å². The molecule has 1 atom stereocenters. The van der Waals surface area contributed by atoms with Gasteiger partial charge in [-0.1, -0.05) is 53.8 Å². The SMILES string of the molecule is CCN(CC)c1ccc(C=c2sc3n(c2=O)C(c2cccs2)C2=C(N=3)c3ccccc3CC2)cc1. The molecule has 35 heavy (non-hydrogen) atoms. The molecule has 2 aromatic heterocycles. The topological polar surface area (TPSA) is 37.6 Å². The number of hydrogen-bond donors (Lipinski definition) is 0. The summed E-state index contributed by atoms with van der Waals surface area (Å²) in [7, 11) is 0. The van der Waals surface area contributed by atoms with Crippen LogP contribution in [0.5, 0.6) is 0 Å². The molecule has 0 saturated carbocycles. The van der Waals surface area contributed by atoms with E-state index in [1.54, 1.807) is 11.3 Å². The molecule has 4 nitrogen and oxygen atoms in total. The van der Waals surface area contributed by atoms with Crippen LogP contribution in [0.4, 0.5) is 5.69 Å². The number of rotatable bonds is 5. The third kappa shape index (κ3) is 3.81. The fourth-order valence-corrected chi connectivity index (χ4v) is 7.09. The molecular weight excluding hydrogens is 470 g/mol. The van der Waals surface area contributed by atoms with E-state index < -0.39 is 0 Å². The average molecular weight is 498 g/mol. The molecule has 1 aliphatic carbocycles. The number of fused-ring (bicyclic) bond motifs is 3. The average Bonchev–Trinajstić information content (AvgIpc) is 3.53. The maximum absolute atomic E-state index is 13.8. The zero-order valence-corrected chi connectivity index (χ0v) is 21.5. The molecule has 0 bridgehead atoms. The number of thiazole rings is 1. The molecule has 176 valence electrons. The van der Waals surface area contributed by atoms with Gasteiger partial charge in [0.15, 0.2) is 4.80 Å². The van der Waals surface area contributed by atoms with E-state index in [4.69, 9.17) is 4.99 Å². The predicted octanol–water partition coefficient (Wildman–Crippen LogP) is 5.23. The summed E-state index contributed by atoms with van der Waals surface area (Å²) in [5.74, 6) is 0. The standard InChI is InChI=1S/C29H27N3OS2/c1-3-31(4-2)21-14-11-19(12-15-21)18-25-28(33)32-27(24-10-7-17-34-24)23-16-13-20-8-5-6-9-22(20)26(23)30-29(32)35-25/h5-12,14-15,17-18,27H,3-4,13,16H2,1-2H3. The van der Waals surface area contributed by atoms with Gasteiger partial charge >= 0.3 is 0 Å². The Balaban J connectivity index is 1.51. The van der Waals surface area contributed by atoms with Crippen LogP contribution in [0.25, 0.3) is 11.8 Å². The molecule has 0 fully saturated rings. The first-order chi connectivity index (χ1) is 17.2. The Bertz CT molecular complexity index is 1590. The number of anilines is 1. The number of nitrogens with zero attached hydrogens (tertiary/aromatic N) is 3. The maximum atomic E-state index is 13.8. The predicted molar refractivity (Wildman–Crippen MR) is 147 cm³/mol. The lowest BCUT2D eigenvalue weighted by Crippen LogP contribution is -2.38. The zero-order chi connectivity index (χ0) is 23.9. The van der Waals surface area contributed by atoms with E-state index in [2.05, 4.69) is 84.8 Å². The van der Waals surface area contributed by atoms with Crippen molar-refractivity contribution in [3.05, 3.63) is 113 Å². The van der Waals surface area contributed by atoms with Gasteiger partial charge in [-0.2, -0.15) is 0 Å². The van der Waals surface area contributed by atoms with Gasteiger partial charge in [-0.15, -0.1) is 11.3 Å². The van der Waals surface area contributed by atoms with E-state index in [0.717, 1.165) is 46.5 Å². The Hall–Kier alpha value is -3.22. The lowest BCUT2D eigenvalue weighted by Gasteiger charge is -2.30. The number of hydrogen-bond acceptors (Lipinski definition) is 5. The highest BCUT2D eigenvalue weighted by atomic mass is 32.1. The zero-order valence-electron chi connectivity index (χ0n) is 19.9. The van der Waals surface area contributed by atoms with Crippen molar-refractivity contribution in [2.75, 3.05) is 18.0 Å². The number of allylic oxidation sites excluding steroid dienone is 1. The second-order valence-corrected chi connectivity index (χ2v) is 10.9. The molecule has 0 amide bonds. The molecule has 1 aliphatic heterocycles. The van der Waals surface area contributed by atoms with E-state index in [1.807, 2.05) is 10.6 Å². The number of aromatic nitrogens is 1. The molecule has 0 radical (unpaired) electrons. The third-order valence-corrected chi connectivity index (χ3v) is 8.91. The van der Waals surface area contributed by atoms with Gasteiger partial charge in [0, 0.05) is 29.2 Å². The molecule has 0 spiro atoms. The highest BCUT2D eigenvalue weighted by Gasteiger charge is 2.32. The van der Waals surface area contributed by atoms with Crippen molar-refractivity contribution in [3.63, 3.8) is 0 Å². The lowest BCUT2D eigenvalue weighted by atomic mass is 9.85. The lowest BCUT2D eigenvalue weighted by molar-refractivity contribution is 0.593. The normalized spacial score (nSPS) is 17.0. The van der Waals surface area contributed by atoms with Gasteiger partial charge in [-0.05, 0) is 73.0 Å². The maximum Gasteiger partial charge on any atom is 0.271 e. The molecule has 1 unspecified atom stereocenters. The van der Waals surface area contributed by atoms with Crippen LogP contribution in [0, 0.1) is 0 Å². The monoisotopic (exact) mass is 497 g/mol. The summed E-state index contributed by atoms with van der Waals surface area (Å²) in [6.45, 7) is 6.29. The van der Waals surface area contributed by atoms with Crippen LogP contribution in [-0.2, 0) is 6.42 Å². The highest BCUT2D eigenvalue weighted by molar-refractivity contribution is 7.10. The van der Waals surface area contributed by atoms with Crippen LogP contribution in [0.15, 0.2) is 81.4 Å². The minimum absolute atomic E-state index is 0.0466. The van der Waals surface area contributed by atoms with Crippen molar-refractivity contribution in [2.24, 2.45) is 4.99 Å². The number of aryl methyl sites for hydroxylation is 1. The Morgan fingerprint density at radius 3 is 2.57 bits per heavy atom. The molecule has 2 aromatic carbocycles. The molecular formula is C29H27N3OS2. The first-order valence-electron chi connectivity index (χ1n) is 12.2. The second kappa shape index (κ2) is 9.10. The number of thiophene rings is 1. The molecule has 4 aromatic rings. The minimum Gasteiger partial charge on any atom is -0.372 e. The summed E-state index contributed by atoms with van der Waals surface area (Å²) < 4.78 is 2.66. The van der Waals surface area contributed by atoms with Gasteiger partial charge in [0.2, 0.25) is 0 Å². The van der Waals surface area contributed by atoms with Crippen LogP contribution in [0.2, 0.25) is 0 Å². The Morgan fingerprint density at radius 1 is 1.03 bits per heavy atom. The fourth-order valence-electron chi connectivity index (χ4n) is 5.24. The first kappa shape index (κ1) is 22.3. The van der Waals surface area contributed by atoms with Crippen LogP contribution in [-0.4, -0.2) is 17.7 Å². The van der Waals surface area contributed by atoms with Gasteiger partial charge in [0.25, 0.3) is 5.56 Å². The van der Waals surface area contributed by atoms with Gasteiger partial charge < -0.3 is 4.90 Å². The largest absolute Gasteiger partial charge is 0.372 e. The van der Waals surface area contributed by atoms with E-state index >= 15 is 0 Å². The van der Waals surface area contributed by atoms with Crippen LogP contribution in [0.1, 0.15) is 47.9 Å². The summed E-state index contributed by atoms with van der Waals surface area (Å²) in [5.41, 5.74) is 7.15. The summed E-state index contributed by atoms with van der Waals surface area (Å²) in [6.07, 6.45) is 3.92. The van der Waals surface area contributed by atoms with Crippen molar-refractivity contribution < 1.29 is 0 Å². The smallest absolute Gasteiger partial charge is 0.271 e. The Morgan fingerprint density at radius 2 is 1.83 bits per heavy atom. The van der Waals surface area contributed by atoms with Crippen LogP contribution >= 0.6 is 22.7 Å². The molecule has 0 N–H and O–H groups in total. The van der Waals surface area contributed by atoms with Crippen molar-refractivity contribution in [1.82, 2.24) is 4.57 Å². The number of benzene rings is 2. The van der Waals surface area contributed by atoms with Crippen LogP contribution < -0.4 is 19.8 Å². The van der Waals surface area contributed by atoms with Gasteiger partial charge in [-0.3, -0.25) is 9.36 Å². The summed E-state index contributed by atoms with van der Waals surface area (Å²) in [4.78, 5) is 23.2. The Labute approximate surface area is 212 Å². The summed E-state index contributed by atoms with van der Waals surface area (Å²) in [5, 5.41) is 2.10. The van der Waals surface area contributed by atoms with Crippen molar-refractivity contribution >= 4 is 40.1 Å². The fraction of sp³-hybridized carbons (Fsp3) is 0.241. The van der Waals surface area contributed by atoms with E-state index in [0.29, 0.717) is 0 Å². The second-order valence-electron chi connectivity index (χ2n) is 8.89. The Kier molecular flexibility index (Phi) is 5.78. The van der Waals surface area contributed by atoms with Crippen LogP contribution in [0.3, 0.4) is 0 Å². The molecule has 6 rings (SSSR count). The van der Waals surface area contributed by atoms with E-state index in [-0.39, 0.29) is 11.6 Å².